The molecule has 3 fully saturated rings. The van der Waals surface area contributed by atoms with E-state index in [-0.39, 0.29) is 23.7 Å². The van der Waals surface area contributed by atoms with Gasteiger partial charge in [0.2, 0.25) is 10.0 Å². The highest BCUT2D eigenvalue weighted by Gasteiger charge is 2.55. The number of fused-ring (bicyclic) bond motifs is 2. The summed E-state index contributed by atoms with van der Waals surface area (Å²) in [5.74, 6) is -2.42. The minimum Gasteiger partial charge on any atom is -0.390 e. The number of rotatable bonds is 8. The molecule has 0 spiro atoms. The standard InChI is InChI=1S/C25H30F2N6O5S2/c1-5-8-39-24-28-22-19(30-31-32(22)17-11-18(34)21-20(17)37-25(2,3)38-21)23(29-24)33(40(4,35)36)16-10-13(16)12-6-7-14(26)15(27)9-12/h6-7,9,13,16-18,20-21,34H,5,8,10-11H2,1-4H3/t13-,16+,17+,18-,20-,21+/m0/s1. The summed E-state index contributed by atoms with van der Waals surface area (Å²) in [6.07, 6.45) is 0.758. The van der Waals surface area contributed by atoms with Crippen LogP contribution in [0, 0.1) is 11.6 Å². The number of nitrogens with zero attached hydrogens (tertiary/aromatic N) is 6. The Kier molecular flexibility index (Phi) is 6.80. The average Bonchev–Trinajstić information content (AvgIpc) is 3.26. The molecular weight excluding hydrogens is 566 g/mol. The van der Waals surface area contributed by atoms with Gasteiger partial charge in [-0.3, -0.25) is 0 Å². The van der Waals surface area contributed by atoms with Gasteiger partial charge in [0.1, 0.15) is 12.2 Å². The molecule has 3 heterocycles. The minimum absolute atomic E-state index is 0.0754. The van der Waals surface area contributed by atoms with Gasteiger partial charge in [0, 0.05) is 18.1 Å². The van der Waals surface area contributed by atoms with Crippen LogP contribution in [0.5, 0.6) is 0 Å². The van der Waals surface area contributed by atoms with Gasteiger partial charge in [0.25, 0.3) is 0 Å². The number of hydrogen-bond donors (Lipinski definition) is 1. The van der Waals surface area contributed by atoms with Crippen molar-refractivity contribution in [1.29, 1.82) is 0 Å². The Hall–Kier alpha value is -2.46. The van der Waals surface area contributed by atoms with Crippen LogP contribution in [0.15, 0.2) is 23.4 Å². The number of aliphatic hydroxyl groups excluding tert-OH is 1. The molecule has 1 aromatic carbocycles. The van der Waals surface area contributed by atoms with Crippen LogP contribution >= 0.6 is 11.8 Å². The van der Waals surface area contributed by atoms with Crippen LogP contribution in [-0.4, -0.2) is 80.6 Å². The Balaban J connectivity index is 1.44. The maximum Gasteiger partial charge on any atom is 0.233 e. The zero-order valence-corrected chi connectivity index (χ0v) is 24.0. The lowest BCUT2D eigenvalue weighted by Gasteiger charge is -2.23. The van der Waals surface area contributed by atoms with Crippen molar-refractivity contribution in [2.75, 3.05) is 16.3 Å². The quantitative estimate of drug-likeness (QED) is 0.305. The van der Waals surface area contributed by atoms with Gasteiger partial charge in [-0.15, -0.1) is 5.10 Å². The van der Waals surface area contributed by atoms with Gasteiger partial charge in [-0.2, -0.15) is 0 Å². The van der Waals surface area contributed by atoms with E-state index in [0.29, 0.717) is 28.5 Å². The van der Waals surface area contributed by atoms with E-state index in [0.717, 1.165) is 24.8 Å². The van der Waals surface area contributed by atoms with E-state index in [1.54, 1.807) is 18.5 Å². The van der Waals surface area contributed by atoms with Gasteiger partial charge in [0.15, 0.2) is 39.6 Å². The fraction of sp³-hybridized carbons (Fsp3) is 0.600. The van der Waals surface area contributed by atoms with E-state index >= 15 is 0 Å². The molecule has 216 valence electrons. The molecule has 2 aliphatic carbocycles. The monoisotopic (exact) mass is 596 g/mol. The molecule has 0 unspecified atom stereocenters. The van der Waals surface area contributed by atoms with Gasteiger partial charge in [-0.05, 0) is 44.4 Å². The van der Waals surface area contributed by atoms with Gasteiger partial charge >= 0.3 is 0 Å². The van der Waals surface area contributed by atoms with Crippen LogP contribution < -0.4 is 4.31 Å². The first-order valence-corrected chi connectivity index (χ1v) is 15.9. The predicted octanol–water partition coefficient (Wildman–Crippen LogP) is 3.15. The third-order valence-electron chi connectivity index (χ3n) is 7.44. The summed E-state index contributed by atoms with van der Waals surface area (Å²) in [6.45, 7) is 5.56. The third-order valence-corrected chi connectivity index (χ3v) is 9.65. The molecule has 40 heavy (non-hydrogen) atoms. The molecule has 11 nitrogen and oxygen atoms in total. The molecule has 3 aliphatic rings. The smallest absolute Gasteiger partial charge is 0.233 e. The maximum atomic E-state index is 14.0. The van der Waals surface area contributed by atoms with Crippen molar-refractivity contribution in [3.8, 4) is 0 Å². The molecule has 1 saturated heterocycles. The van der Waals surface area contributed by atoms with Crippen molar-refractivity contribution in [3.63, 3.8) is 0 Å². The zero-order chi connectivity index (χ0) is 28.6. The summed E-state index contributed by atoms with van der Waals surface area (Å²) in [4.78, 5) is 9.31. The number of aliphatic hydroxyl groups is 1. The molecule has 0 amide bonds. The summed E-state index contributed by atoms with van der Waals surface area (Å²) in [7, 11) is -3.89. The van der Waals surface area contributed by atoms with Crippen LogP contribution in [0.3, 0.4) is 0 Å². The molecule has 1 N–H and O–H groups in total. The first kappa shape index (κ1) is 27.7. The second-order valence-corrected chi connectivity index (χ2v) is 13.9. The topological polar surface area (TPSA) is 133 Å². The first-order valence-electron chi connectivity index (χ1n) is 13.1. The number of sulfonamides is 1. The molecule has 2 saturated carbocycles. The highest BCUT2D eigenvalue weighted by molar-refractivity contribution is 7.99. The molecule has 6 atom stereocenters. The Bertz CT molecular complexity index is 1570. The summed E-state index contributed by atoms with van der Waals surface area (Å²) < 4.78 is 68.7. The van der Waals surface area contributed by atoms with E-state index in [4.69, 9.17) is 14.5 Å². The van der Waals surface area contributed by atoms with Gasteiger partial charge in [-0.25, -0.2) is 36.2 Å². The lowest BCUT2D eigenvalue weighted by atomic mass is 10.1. The molecule has 0 radical (unpaired) electrons. The Morgan fingerprint density at radius 1 is 1.18 bits per heavy atom. The number of halogens is 2. The highest BCUT2D eigenvalue weighted by Crippen LogP contribution is 2.49. The lowest BCUT2D eigenvalue weighted by Crippen LogP contribution is -2.34. The fourth-order valence-corrected chi connectivity index (χ4v) is 7.56. The number of anilines is 1. The highest BCUT2D eigenvalue weighted by atomic mass is 32.2. The maximum absolute atomic E-state index is 14.0. The van der Waals surface area contributed by atoms with Crippen molar-refractivity contribution in [2.45, 2.75) is 87.3 Å². The van der Waals surface area contributed by atoms with Crippen LogP contribution in [0.1, 0.15) is 57.6 Å². The van der Waals surface area contributed by atoms with Gasteiger partial charge < -0.3 is 14.6 Å². The summed E-state index contributed by atoms with van der Waals surface area (Å²) in [6, 6.07) is 2.57. The summed E-state index contributed by atoms with van der Waals surface area (Å²) >= 11 is 1.38. The van der Waals surface area contributed by atoms with Crippen molar-refractivity contribution >= 4 is 38.8 Å². The van der Waals surface area contributed by atoms with Crippen LogP contribution in [-0.2, 0) is 19.5 Å². The molecule has 0 bridgehead atoms. The van der Waals surface area contributed by atoms with Gasteiger partial charge in [0.05, 0.1) is 24.4 Å². The molecular formula is C25H30F2N6O5S2. The van der Waals surface area contributed by atoms with Crippen molar-refractivity contribution in [2.24, 2.45) is 0 Å². The fourth-order valence-electron chi connectivity index (χ4n) is 5.70. The SMILES string of the molecule is CCCSc1nc(N([C@@H]2C[C@H]2c2ccc(F)c(F)c2)S(C)(=O)=O)c2nnn([C@@H]3C[C@H](O)[C@H]4OC(C)(C)O[C@H]43)c2n1. The normalized spacial score (nSPS) is 29.2. The Labute approximate surface area is 234 Å². The van der Waals surface area contributed by atoms with Gasteiger partial charge in [-0.1, -0.05) is 30.0 Å². The van der Waals surface area contributed by atoms with E-state index < -0.39 is 57.8 Å². The Morgan fingerprint density at radius 3 is 2.62 bits per heavy atom. The largest absolute Gasteiger partial charge is 0.390 e. The first-order chi connectivity index (χ1) is 18.9. The van der Waals surface area contributed by atoms with Crippen LogP contribution in [0.25, 0.3) is 11.2 Å². The van der Waals surface area contributed by atoms with E-state index in [2.05, 4.69) is 15.3 Å². The Morgan fingerprint density at radius 2 is 1.93 bits per heavy atom. The third kappa shape index (κ3) is 4.85. The number of aromatic nitrogens is 5. The van der Waals surface area contributed by atoms with Crippen LogP contribution in [0.4, 0.5) is 14.6 Å². The summed E-state index contributed by atoms with van der Waals surface area (Å²) in [5, 5.41) is 19.7. The lowest BCUT2D eigenvalue weighted by molar-refractivity contribution is -0.165. The molecule has 2 aromatic heterocycles. The number of ether oxygens (including phenoxy) is 2. The van der Waals surface area contributed by atoms with Crippen molar-refractivity contribution in [3.05, 3.63) is 35.4 Å². The van der Waals surface area contributed by atoms with E-state index in [9.17, 15) is 22.3 Å². The number of hydrogen-bond acceptors (Lipinski definition) is 10. The number of benzene rings is 1. The summed E-state index contributed by atoms with van der Waals surface area (Å²) in [5.41, 5.74) is 0.992. The molecule has 6 rings (SSSR count). The molecule has 15 heteroatoms. The predicted molar refractivity (Wildman–Crippen MR) is 142 cm³/mol. The number of thioether (sulfide) groups is 1. The molecule has 1 aliphatic heterocycles. The second kappa shape index (κ2) is 9.82. The van der Waals surface area contributed by atoms with Crippen molar-refractivity contribution < 1.29 is 31.8 Å². The zero-order valence-electron chi connectivity index (χ0n) is 22.4. The van der Waals surface area contributed by atoms with Crippen molar-refractivity contribution in [1.82, 2.24) is 25.0 Å². The van der Waals surface area contributed by atoms with E-state index in [1.807, 2.05) is 6.92 Å². The van der Waals surface area contributed by atoms with Crippen LogP contribution in [0.2, 0.25) is 0 Å². The molecule has 3 aromatic rings. The van der Waals surface area contributed by atoms with E-state index in [1.165, 1.54) is 22.1 Å². The second-order valence-electron chi connectivity index (χ2n) is 11.0. The average molecular weight is 597 g/mol. The minimum atomic E-state index is -3.89.